The van der Waals surface area contributed by atoms with Crippen LogP contribution in [0, 0.1) is 17.7 Å². The van der Waals surface area contributed by atoms with Crippen LogP contribution in [0.5, 0.6) is 0 Å². The van der Waals surface area contributed by atoms with Crippen LogP contribution in [0.25, 0.3) is 0 Å². The summed E-state index contributed by atoms with van der Waals surface area (Å²) < 4.78 is 19.6. The third-order valence-electron chi connectivity index (χ3n) is 7.06. The molecule has 0 aromatic heterocycles. The first-order valence-corrected chi connectivity index (χ1v) is 11.4. The molecule has 2 heterocycles. The van der Waals surface area contributed by atoms with Crippen LogP contribution in [0.4, 0.5) is 4.39 Å². The SMILES string of the molecule is O=C1[C@@H]2[C@H](c3ccc(Cl)cc3)OC3(C(=O)c4ccccc4C3=O)[C@H]2C(=O)N1Cc1ccc(F)cc1. The van der Waals surface area contributed by atoms with E-state index in [2.05, 4.69) is 0 Å². The van der Waals surface area contributed by atoms with Crippen molar-refractivity contribution in [2.45, 2.75) is 18.2 Å². The van der Waals surface area contributed by atoms with Gasteiger partial charge in [-0.1, -0.05) is 60.1 Å². The van der Waals surface area contributed by atoms with Gasteiger partial charge in [0.25, 0.3) is 0 Å². The molecule has 3 atom stereocenters. The van der Waals surface area contributed by atoms with Crippen LogP contribution < -0.4 is 0 Å². The van der Waals surface area contributed by atoms with Crippen LogP contribution >= 0.6 is 11.6 Å². The Bertz CT molecular complexity index is 1380. The van der Waals surface area contributed by atoms with Gasteiger partial charge in [-0.25, -0.2) is 4.39 Å². The van der Waals surface area contributed by atoms with Gasteiger partial charge < -0.3 is 4.74 Å². The summed E-state index contributed by atoms with van der Waals surface area (Å²) in [5.74, 6) is -5.27. The van der Waals surface area contributed by atoms with E-state index in [1.54, 1.807) is 36.4 Å². The molecule has 2 fully saturated rings. The summed E-state index contributed by atoms with van der Waals surface area (Å²) in [6, 6.07) is 18.3. The standard InChI is InChI=1S/C27H17ClFNO5/c28-16-9-7-15(8-10-16)22-20-21(26(34)30(25(20)33)13-14-5-11-17(29)12-6-14)27(35-22)23(31)18-3-1-2-4-19(18)24(27)32/h1-12,20-22H,13H2/t20-,21+,22-/m0/s1. The van der Waals surface area contributed by atoms with Crippen molar-refractivity contribution in [1.82, 2.24) is 4.90 Å². The van der Waals surface area contributed by atoms with Gasteiger partial charge in [0, 0.05) is 16.1 Å². The van der Waals surface area contributed by atoms with Crippen molar-refractivity contribution in [3.05, 3.63) is 106 Å². The molecule has 35 heavy (non-hydrogen) atoms. The van der Waals surface area contributed by atoms with Crippen molar-refractivity contribution in [2.24, 2.45) is 11.8 Å². The van der Waals surface area contributed by atoms with E-state index >= 15 is 0 Å². The summed E-state index contributed by atoms with van der Waals surface area (Å²) in [4.78, 5) is 55.8. The monoisotopic (exact) mass is 489 g/mol. The summed E-state index contributed by atoms with van der Waals surface area (Å²) in [7, 11) is 0. The molecule has 3 aromatic rings. The number of benzene rings is 3. The van der Waals surface area contributed by atoms with Crippen molar-refractivity contribution in [3.63, 3.8) is 0 Å². The van der Waals surface area contributed by atoms with Crippen molar-refractivity contribution in [3.8, 4) is 0 Å². The molecule has 3 aliphatic rings. The summed E-state index contributed by atoms with van der Waals surface area (Å²) in [5, 5.41) is 0.463. The number of rotatable bonds is 3. The smallest absolute Gasteiger partial charge is 0.237 e. The highest BCUT2D eigenvalue weighted by molar-refractivity contribution is 6.35. The second-order valence-electron chi connectivity index (χ2n) is 8.92. The van der Waals surface area contributed by atoms with E-state index in [1.165, 1.54) is 36.4 Å². The highest BCUT2D eigenvalue weighted by Crippen LogP contribution is 2.57. The lowest BCUT2D eigenvalue weighted by molar-refractivity contribution is -0.145. The second kappa shape index (κ2) is 7.66. The number of nitrogens with zero attached hydrogens (tertiary/aromatic N) is 1. The minimum absolute atomic E-state index is 0.107. The van der Waals surface area contributed by atoms with E-state index in [9.17, 15) is 23.6 Å². The van der Waals surface area contributed by atoms with Gasteiger partial charge in [-0.2, -0.15) is 0 Å². The number of amides is 2. The molecule has 0 N–H and O–H groups in total. The maximum absolute atomic E-state index is 13.7. The number of fused-ring (bicyclic) bond motifs is 3. The molecule has 0 unspecified atom stereocenters. The Hall–Kier alpha value is -3.68. The Balaban J connectivity index is 1.48. The lowest BCUT2D eigenvalue weighted by Gasteiger charge is -2.27. The first-order valence-electron chi connectivity index (χ1n) is 11.0. The number of hydrogen-bond acceptors (Lipinski definition) is 5. The molecule has 0 radical (unpaired) electrons. The number of hydrogen-bond donors (Lipinski definition) is 0. The van der Waals surface area contributed by atoms with Crippen LogP contribution in [0.15, 0.2) is 72.8 Å². The Morgan fingerprint density at radius 2 is 1.43 bits per heavy atom. The molecule has 3 aromatic carbocycles. The number of halogens is 2. The zero-order chi connectivity index (χ0) is 24.5. The average Bonchev–Trinajstić information content (AvgIpc) is 3.42. The molecule has 174 valence electrons. The largest absolute Gasteiger partial charge is 0.349 e. The van der Waals surface area contributed by atoms with Gasteiger partial charge in [0.15, 0.2) is 0 Å². The summed E-state index contributed by atoms with van der Waals surface area (Å²) >= 11 is 6.03. The zero-order valence-corrected chi connectivity index (χ0v) is 18.9. The molecule has 6 rings (SSSR count). The van der Waals surface area contributed by atoms with E-state index < -0.39 is 52.7 Å². The van der Waals surface area contributed by atoms with Gasteiger partial charge in [0.1, 0.15) is 5.82 Å². The minimum atomic E-state index is -2.12. The predicted molar refractivity (Wildman–Crippen MR) is 122 cm³/mol. The molecule has 0 bridgehead atoms. The molecule has 0 saturated carbocycles. The van der Waals surface area contributed by atoms with Crippen molar-refractivity contribution < 1.29 is 28.3 Å². The van der Waals surface area contributed by atoms with Gasteiger partial charge in [0.05, 0.1) is 24.5 Å². The van der Waals surface area contributed by atoms with Gasteiger partial charge in [-0.05, 0) is 35.4 Å². The van der Waals surface area contributed by atoms with Crippen LogP contribution in [-0.2, 0) is 20.9 Å². The number of ether oxygens (including phenoxy) is 1. The highest BCUT2D eigenvalue weighted by atomic mass is 35.5. The van der Waals surface area contributed by atoms with Gasteiger partial charge in [-0.3, -0.25) is 24.1 Å². The summed E-state index contributed by atoms with van der Waals surface area (Å²) in [6.45, 7) is -0.107. The molecule has 2 amide bonds. The number of carbonyl (C=O) groups is 4. The fourth-order valence-corrected chi connectivity index (χ4v) is 5.58. The number of ketones is 2. The molecule has 8 heteroatoms. The van der Waals surface area contributed by atoms with E-state index in [1.807, 2.05) is 0 Å². The second-order valence-corrected chi connectivity index (χ2v) is 9.36. The molecule has 1 aliphatic carbocycles. The maximum atomic E-state index is 13.7. The van der Waals surface area contributed by atoms with Crippen molar-refractivity contribution in [2.75, 3.05) is 0 Å². The Kier molecular flexibility index (Phi) is 4.78. The van der Waals surface area contributed by atoms with Gasteiger partial charge in [0.2, 0.25) is 29.0 Å². The normalized spacial score (nSPS) is 24.4. The van der Waals surface area contributed by atoms with E-state index in [0.717, 1.165) is 4.90 Å². The minimum Gasteiger partial charge on any atom is -0.349 e. The number of Topliss-reactive ketones (excluding diaryl/α,β-unsaturated/α-hetero) is 2. The predicted octanol–water partition coefficient (Wildman–Crippen LogP) is 4.17. The lowest BCUT2D eigenvalue weighted by Crippen LogP contribution is -2.50. The zero-order valence-electron chi connectivity index (χ0n) is 18.1. The molecule has 2 saturated heterocycles. The first-order chi connectivity index (χ1) is 16.8. The number of likely N-dealkylation sites (tertiary alicyclic amines) is 1. The number of imide groups is 1. The quantitative estimate of drug-likeness (QED) is 0.407. The molecule has 2 aliphatic heterocycles. The molecule has 6 nitrogen and oxygen atoms in total. The first kappa shape index (κ1) is 21.8. The summed E-state index contributed by atoms with van der Waals surface area (Å²) in [6.07, 6.45) is -1.01. The van der Waals surface area contributed by atoms with Gasteiger partial charge >= 0.3 is 0 Å². The van der Waals surface area contributed by atoms with E-state index in [-0.39, 0.29) is 17.7 Å². The van der Waals surface area contributed by atoms with Crippen molar-refractivity contribution in [1.29, 1.82) is 0 Å². The Labute approximate surface area is 204 Å². The Morgan fingerprint density at radius 3 is 2.03 bits per heavy atom. The highest BCUT2D eigenvalue weighted by Gasteiger charge is 2.74. The lowest BCUT2D eigenvalue weighted by atomic mass is 9.77. The third-order valence-corrected chi connectivity index (χ3v) is 7.31. The third kappa shape index (κ3) is 2.98. The van der Waals surface area contributed by atoms with E-state index in [4.69, 9.17) is 16.3 Å². The van der Waals surface area contributed by atoms with Crippen LogP contribution in [0.3, 0.4) is 0 Å². The Morgan fingerprint density at radius 1 is 0.829 bits per heavy atom. The average molecular weight is 490 g/mol. The van der Waals surface area contributed by atoms with E-state index in [0.29, 0.717) is 16.1 Å². The molecule has 1 spiro atoms. The molecular weight excluding hydrogens is 473 g/mol. The van der Waals surface area contributed by atoms with Crippen LogP contribution in [0.1, 0.15) is 37.9 Å². The molecular formula is C27H17ClFNO5. The van der Waals surface area contributed by atoms with Crippen LogP contribution in [-0.4, -0.2) is 33.9 Å². The summed E-state index contributed by atoms with van der Waals surface area (Å²) in [5.41, 5.74) is -0.709. The maximum Gasteiger partial charge on any atom is 0.237 e. The fraction of sp³-hybridized carbons (Fsp3) is 0.185. The topological polar surface area (TPSA) is 80.8 Å². The van der Waals surface area contributed by atoms with Crippen molar-refractivity contribution >= 4 is 35.0 Å². The number of carbonyl (C=O) groups excluding carboxylic acids is 4. The van der Waals surface area contributed by atoms with Crippen LogP contribution in [0.2, 0.25) is 5.02 Å². The van der Waals surface area contributed by atoms with Gasteiger partial charge in [-0.15, -0.1) is 0 Å². The fourth-order valence-electron chi connectivity index (χ4n) is 5.46.